The Labute approximate surface area is 61.9 Å². The molecule has 0 bridgehead atoms. The van der Waals surface area contributed by atoms with Gasteiger partial charge < -0.3 is 0 Å². The molecular weight excluding hydrogens is 221 g/mol. The normalized spacial score (nSPS) is 8.75. The largest absolute Gasteiger partial charge is 0.273 e. The molecule has 3 nitrogen and oxygen atoms in total. The van der Waals surface area contributed by atoms with E-state index in [4.69, 9.17) is 0 Å². The van der Waals surface area contributed by atoms with Gasteiger partial charge >= 0.3 is 0 Å². The lowest BCUT2D eigenvalue weighted by Crippen LogP contribution is -2.20. The van der Waals surface area contributed by atoms with Gasteiger partial charge in [-0.15, -0.1) is 0 Å². The van der Waals surface area contributed by atoms with Crippen molar-refractivity contribution in [1.82, 2.24) is 5.48 Å². The fourth-order valence-electron chi connectivity index (χ4n) is 0.191. The second kappa shape index (κ2) is 5.30. The Balaban J connectivity index is 2.82. The van der Waals surface area contributed by atoms with Gasteiger partial charge in [0.2, 0.25) is 5.91 Å². The first-order valence-electron chi connectivity index (χ1n) is 2.21. The molecule has 0 saturated carbocycles. The number of hydroxylamine groups is 1. The molecule has 0 aliphatic carbocycles. The highest BCUT2D eigenvalue weighted by molar-refractivity contribution is 14.1. The van der Waals surface area contributed by atoms with E-state index < -0.39 is 0 Å². The van der Waals surface area contributed by atoms with Crippen LogP contribution in [-0.4, -0.2) is 16.9 Å². The lowest BCUT2D eigenvalue weighted by atomic mass is 10.8. The van der Waals surface area contributed by atoms with Crippen molar-refractivity contribution in [3.63, 3.8) is 0 Å². The lowest BCUT2D eigenvalue weighted by Gasteiger charge is -1.97. The standard InChI is InChI=1S/C4H8INO2/c1-4(7)6-8-3-2-5/h2-3H2,1H3,(H,6,7). The Morgan fingerprint density at radius 2 is 2.50 bits per heavy atom. The number of hydrogen-bond acceptors (Lipinski definition) is 2. The van der Waals surface area contributed by atoms with E-state index in [0.29, 0.717) is 6.61 Å². The molecule has 0 aliphatic heterocycles. The Kier molecular flexibility index (Phi) is 5.41. The van der Waals surface area contributed by atoms with Gasteiger partial charge in [-0.2, -0.15) is 0 Å². The number of hydrogen-bond donors (Lipinski definition) is 1. The highest BCUT2D eigenvalue weighted by atomic mass is 127. The van der Waals surface area contributed by atoms with Crippen LogP contribution in [0.1, 0.15) is 6.92 Å². The van der Waals surface area contributed by atoms with Crippen molar-refractivity contribution in [2.45, 2.75) is 6.92 Å². The van der Waals surface area contributed by atoms with Crippen molar-refractivity contribution in [2.75, 3.05) is 11.0 Å². The molecule has 1 N–H and O–H groups in total. The minimum atomic E-state index is -0.158. The average molecular weight is 229 g/mol. The smallest absolute Gasteiger partial charge is 0.240 e. The van der Waals surface area contributed by atoms with Crippen LogP contribution in [-0.2, 0) is 9.63 Å². The number of nitrogens with one attached hydrogen (secondary N) is 1. The first-order valence-corrected chi connectivity index (χ1v) is 3.74. The zero-order valence-corrected chi connectivity index (χ0v) is 6.77. The second-order valence-electron chi connectivity index (χ2n) is 1.20. The van der Waals surface area contributed by atoms with E-state index in [-0.39, 0.29) is 5.91 Å². The molecular formula is C4H8INO2. The quantitative estimate of drug-likeness (QED) is 0.331. The van der Waals surface area contributed by atoms with Crippen LogP contribution >= 0.6 is 22.6 Å². The number of amides is 1. The molecule has 0 radical (unpaired) electrons. The Bertz CT molecular complexity index is 76.4. The van der Waals surface area contributed by atoms with Gasteiger partial charge in [0.05, 0.1) is 6.61 Å². The minimum absolute atomic E-state index is 0.158. The van der Waals surface area contributed by atoms with Crippen LogP contribution in [0, 0.1) is 0 Å². The molecule has 0 spiro atoms. The SMILES string of the molecule is CC(=O)NOCCI. The zero-order valence-electron chi connectivity index (χ0n) is 4.61. The van der Waals surface area contributed by atoms with E-state index in [2.05, 4.69) is 32.9 Å². The summed E-state index contributed by atoms with van der Waals surface area (Å²) in [6, 6.07) is 0. The Morgan fingerprint density at radius 3 is 2.88 bits per heavy atom. The zero-order chi connectivity index (χ0) is 6.41. The predicted octanol–water partition coefficient (Wildman–Crippen LogP) is 0.489. The number of carbonyl (C=O) groups is 1. The van der Waals surface area contributed by atoms with Crippen LogP contribution in [0.3, 0.4) is 0 Å². The van der Waals surface area contributed by atoms with Crippen LogP contribution in [0.4, 0.5) is 0 Å². The number of halogens is 1. The van der Waals surface area contributed by atoms with Crippen molar-refractivity contribution >= 4 is 28.5 Å². The average Bonchev–Trinajstić information content (AvgIpc) is 1.66. The highest BCUT2D eigenvalue weighted by Crippen LogP contribution is 1.78. The lowest BCUT2D eigenvalue weighted by molar-refractivity contribution is -0.130. The molecule has 0 unspecified atom stereocenters. The van der Waals surface area contributed by atoms with Crippen LogP contribution in [0.15, 0.2) is 0 Å². The van der Waals surface area contributed by atoms with Gasteiger partial charge in [-0.3, -0.25) is 9.63 Å². The maximum absolute atomic E-state index is 10.1. The topological polar surface area (TPSA) is 38.3 Å². The van der Waals surface area contributed by atoms with Gasteiger partial charge in [0.1, 0.15) is 0 Å². The molecule has 0 aromatic rings. The van der Waals surface area contributed by atoms with Gasteiger partial charge in [-0.05, 0) is 0 Å². The van der Waals surface area contributed by atoms with E-state index in [0.717, 1.165) is 4.43 Å². The first-order chi connectivity index (χ1) is 3.77. The molecule has 0 rings (SSSR count). The third-order valence-electron chi connectivity index (χ3n) is 0.395. The van der Waals surface area contributed by atoms with Crippen molar-refractivity contribution in [2.24, 2.45) is 0 Å². The summed E-state index contributed by atoms with van der Waals surface area (Å²) in [5.74, 6) is -0.158. The highest BCUT2D eigenvalue weighted by Gasteiger charge is 1.86. The fourth-order valence-corrected chi connectivity index (χ4v) is 0.411. The van der Waals surface area contributed by atoms with Crippen LogP contribution in [0.5, 0.6) is 0 Å². The molecule has 0 heterocycles. The van der Waals surface area contributed by atoms with E-state index in [1.807, 2.05) is 0 Å². The Hall–Kier alpha value is 0.160. The summed E-state index contributed by atoms with van der Waals surface area (Å²) >= 11 is 2.16. The summed E-state index contributed by atoms with van der Waals surface area (Å²) in [5.41, 5.74) is 2.20. The summed E-state index contributed by atoms with van der Waals surface area (Å²) in [6.45, 7) is 1.98. The number of alkyl halides is 1. The molecule has 8 heavy (non-hydrogen) atoms. The summed E-state index contributed by atoms with van der Waals surface area (Å²) in [6.07, 6.45) is 0. The van der Waals surface area contributed by atoms with Crippen molar-refractivity contribution in [3.05, 3.63) is 0 Å². The van der Waals surface area contributed by atoms with Crippen molar-refractivity contribution in [3.8, 4) is 0 Å². The van der Waals surface area contributed by atoms with E-state index in [9.17, 15) is 4.79 Å². The number of carbonyl (C=O) groups excluding carboxylic acids is 1. The molecule has 4 heteroatoms. The molecule has 48 valence electrons. The monoisotopic (exact) mass is 229 g/mol. The molecule has 0 aliphatic rings. The van der Waals surface area contributed by atoms with Gasteiger partial charge in [0.15, 0.2) is 0 Å². The minimum Gasteiger partial charge on any atom is -0.273 e. The van der Waals surface area contributed by atoms with Crippen LogP contribution in [0.2, 0.25) is 0 Å². The van der Waals surface area contributed by atoms with Gasteiger partial charge in [0, 0.05) is 11.4 Å². The Morgan fingerprint density at radius 1 is 1.88 bits per heavy atom. The molecule has 0 fully saturated rings. The van der Waals surface area contributed by atoms with Gasteiger partial charge in [-0.1, -0.05) is 22.6 Å². The van der Waals surface area contributed by atoms with Crippen LogP contribution < -0.4 is 5.48 Å². The van der Waals surface area contributed by atoms with Crippen LogP contribution in [0.25, 0.3) is 0 Å². The molecule has 0 aromatic carbocycles. The van der Waals surface area contributed by atoms with Crippen molar-refractivity contribution < 1.29 is 9.63 Å². The summed E-state index contributed by atoms with van der Waals surface area (Å²) < 4.78 is 0.887. The van der Waals surface area contributed by atoms with E-state index in [1.165, 1.54) is 6.92 Å². The summed E-state index contributed by atoms with van der Waals surface area (Å²) in [4.78, 5) is 14.7. The van der Waals surface area contributed by atoms with Gasteiger partial charge in [-0.25, -0.2) is 5.48 Å². The third kappa shape index (κ3) is 6.16. The maximum atomic E-state index is 10.1. The van der Waals surface area contributed by atoms with E-state index in [1.54, 1.807) is 0 Å². The first kappa shape index (κ1) is 8.16. The maximum Gasteiger partial charge on any atom is 0.240 e. The number of rotatable bonds is 3. The van der Waals surface area contributed by atoms with Crippen molar-refractivity contribution in [1.29, 1.82) is 0 Å². The fraction of sp³-hybridized carbons (Fsp3) is 0.750. The third-order valence-corrected chi connectivity index (χ3v) is 0.836. The summed E-state index contributed by atoms with van der Waals surface area (Å²) in [7, 11) is 0. The van der Waals surface area contributed by atoms with E-state index >= 15 is 0 Å². The predicted molar refractivity (Wildman–Crippen MR) is 38.7 cm³/mol. The van der Waals surface area contributed by atoms with Gasteiger partial charge in [0.25, 0.3) is 0 Å². The molecule has 1 amide bonds. The summed E-state index contributed by atoms with van der Waals surface area (Å²) in [5, 5.41) is 0. The molecule has 0 aromatic heterocycles. The molecule has 0 saturated heterocycles. The molecule has 0 atom stereocenters. The second-order valence-corrected chi connectivity index (χ2v) is 2.27.